The zero-order valence-electron chi connectivity index (χ0n) is 14.3. The summed E-state index contributed by atoms with van der Waals surface area (Å²) < 4.78 is 12.9. The highest BCUT2D eigenvalue weighted by Crippen LogP contribution is 2.29. The molecule has 0 radical (unpaired) electrons. The summed E-state index contributed by atoms with van der Waals surface area (Å²) in [5.74, 6) is -0.104. The predicted molar refractivity (Wildman–Crippen MR) is 103 cm³/mol. The molecular formula is C20H17ClFN3O. The van der Waals surface area contributed by atoms with Gasteiger partial charge in [-0.25, -0.2) is 9.37 Å². The molecule has 0 saturated carbocycles. The standard InChI is InChI=1S/C20H17ClFN3O/c1-12-9-13(2)19(17(21)10-12)25-18-8-7-16(11-23-18)24-20(26)14-3-5-15(22)6-4-14/h3-11H,1-2H3,(H,23,25)(H,24,26). The van der Waals surface area contributed by atoms with Gasteiger partial charge in [-0.15, -0.1) is 0 Å². The number of aromatic nitrogens is 1. The maximum absolute atomic E-state index is 12.9. The summed E-state index contributed by atoms with van der Waals surface area (Å²) in [6, 6.07) is 12.7. The van der Waals surface area contributed by atoms with E-state index in [4.69, 9.17) is 11.6 Å². The highest BCUT2D eigenvalue weighted by Gasteiger charge is 2.08. The zero-order valence-corrected chi connectivity index (χ0v) is 15.1. The second-order valence-electron chi connectivity index (χ2n) is 5.96. The lowest BCUT2D eigenvalue weighted by molar-refractivity contribution is 0.102. The number of hydrogen-bond acceptors (Lipinski definition) is 3. The van der Waals surface area contributed by atoms with E-state index in [-0.39, 0.29) is 11.7 Å². The van der Waals surface area contributed by atoms with Crippen LogP contribution in [0, 0.1) is 19.7 Å². The molecule has 3 rings (SSSR count). The van der Waals surface area contributed by atoms with Gasteiger partial charge in [0.05, 0.1) is 22.6 Å². The molecule has 26 heavy (non-hydrogen) atoms. The molecule has 0 bridgehead atoms. The van der Waals surface area contributed by atoms with Crippen LogP contribution in [0.2, 0.25) is 5.02 Å². The van der Waals surface area contributed by atoms with E-state index >= 15 is 0 Å². The van der Waals surface area contributed by atoms with Gasteiger partial charge >= 0.3 is 0 Å². The van der Waals surface area contributed by atoms with Gasteiger partial charge in [0.1, 0.15) is 11.6 Å². The normalized spacial score (nSPS) is 10.5. The summed E-state index contributed by atoms with van der Waals surface area (Å²) in [7, 11) is 0. The van der Waals surface area contributed by atoms with Gasteiger partial charge < -0.3 is 10.6 Å². The predicted octanol–water partition coefficient (Wildman–Crippen LogP) is 5.49. The number of rotatable bonds is 4. The first-order valence-corrected chi connectivity index (χ1v) is 8.37. The first-order chi connectivity index (χ1) is 12.4. The number of carbonyl (C=O) groups is 1. The molecule has 0 saturated heterocycles. The summed E-state index contributed by atoms with van der Waals surface area (Å²) in [5.41, 5.74) is 3.82. The number of carbonyl (C=O) groups excluding carboxylic acids is 1. The molecule has 132 valence electrons. The zero-order chi connectivity index (χ0) is 18.7. The van der Waals surface area contributed by atoms with Crippen LogP contribution in [-0.2, 0) is 0 Å². The quantitative estimate of drug-likeness (QED) is 0.639. The molecule has 0 atom stereocenters. The van der Waals surface area contributed by atoms with Gasteiger partial charge in [-0.1, -0.05) is 17.7 Å². The maximum Gasteiger partial charge on any atom is 0.255 e. The van der Waals surface area contributed by atoms with E-state index in [1.165, 1.54) is 24.3 Å². The van der Waals surface area contributed by atoms with Crippen molar-refractivity contribution in [3.63, 3.8) is 0 Å². The largest absolute Gasteiger partial charge is 0.339 e. The van der Waals surface area contributed by atoms with Crippen molar-refractivity contribution in [2.24, 2.45) is 0 Å². The van der Waals surface area contributed by atoms with E-state index in [1.54, 1.807) is 18.3 Å². The third-order valence-corrected chi connectivity index (χ3v) is 4.11. The number of halogens is 2. The van der Waals surface area contributed by atoms with E-state index < -0.39 is 0 Å². The Kier molecular flexibility index (Phi) is 5.19. The van der Waals surface area contributed by atoms with Crippen LogP contribution in [0.1, 0.15) is 21.5 Å². The van der Waals surface area contributed by atoms with Crippen LogP contribution in [-0.4, -0.2) is 10.9 Å². The van der Waals surface area contributed by atoms with Gasteiger partial charge in [-0.3, -0.25) is 4.79 Å². The number of amides is 1. The second-order valence-corrected chi connectivity index (χ2v) is 6.36. The molecule has 3 aromatic rings. The molecular weight excluding hydrogens is 353 g/mol. The molecule has 0 spiro atoms. The molecule has 2 N–H and O–H groups in total. The first-order valence-electron chi connectivity index (χ1n) is 7.99. The minimum absolute atomic E-state index is 0.329. The molecule has 0 unspecified atom stereocenters. The van der Waals surface area contributed by atoms with E-state index in [0.29, 0.717) is 22.1 Å². The molecule has 1 heterocycles. The van der Waals surface area contributed by atoms with Gasteiger partial charge in [-0.2, -0.15) is 0 Å². The van der Waals surface area contributed by atoms with Crippen LogP contribution in [0.3, 0.4) is 0 Å². The molecule has 0 aliphatic carbocycles. The second kappa shape index (κ2) is 7.54. The molecule has 4 nitrogen and oxygen atoms in total. The fourth-order valence-corrected chi connectivity index (χ4v) is 2.92. The van der Waals surface area contributed by atoms with Crippen molar-refractivity contribution in [2.75, 3.05) is 10.6 Å². The molecule has 6 heteroatoms. The number of hydrogen-bond donors (Lipinski definition) is 2. The van der Waals surface area contributed by atoms with Crippen molar-refractivity contribution in [1.29, 1.82) is 0 Å². The van der Waals surface area contributed by atoms with Crippen LogP contribution in [0.15, 0.2) is 54.7 Å². The summed E-state index contributed by atoms with van der Waals surface area (Å²) >= 11 is 6.29. The van der Waals surface area contributed by atoms with Crippen molar-refractivity contribution in [3.8, 4) is 0 Å². The summed E-state index contributed by atoms with van der Waals surface area (Å²) in [4.78, 5) is 16.4. The van der Waals surface area contributed by atoms with Crippen LogP contribution < -0.4 is 10.6 Å². The lowest BCUT2D eigenvalue weighted by Crippen LogP contribution is -2.12. The molecule has 0 aliphatic rings. The highest BCUT2D eigenvalue weighted by atomic mass is 35.5. The van der Waals surface area contributed by atoms with Gasteiger partial charge in [0, 0.05) is 5.56 Å². The van der Waals surface area contributed by atoms with Gasteiger partial charge in [0.15, 0.2) is 0 Å². The Bertz CT molecular complexity index is 917. The summed E-state index contributed by atoms with van der Waals surface area (Å²) in [5, 5.41) is 6.53. The SMILES string of the molecule is Cc1cc(C)c(Nc2ccc(NC(=O)c3ccc(F)cc3)cn2)c(Cl)c1. The van der Waals surface area contributed by atoms with Crippen molar-refractivity contribution >= 4 is 34.7 Å². The van der Waals surface area contributed by atoms with Gasteiger partial charge in [0.25, 0.3) is 5.91 Å². The van der Waals surface area contributed by atoms with Crippen molar-refractivity contribution < 1.29 is 9.18 Å². The van der Waals surface area contributed by atoms with Gasteiger partial charge in [-0.05, 0) is 67.4 Å². The lowest BCUT2D eigenvalue weighted by Gasteiger charge is -2.12. The van der Waals surface area contributed by atoms with E-state index in [0.717, 1.165) is 16.8 Å². The number of pyridine rings is 1. The Morgan fingerprint density at radius 3 is 2.42 bits per heavy atom. The smallest absolute Gasteiger partial charge is 0.255 e. The first kappa shape index (κ1) is 17.9. The molecule has 0 aliphatic heterocycles. The monoisotopic (exact) mass is 369 g/mol. The van der Waals surface area contributed by atoms with Crippen molar-refractivity contribution in [1.82, 2.24) is 4.98 Å². The summed E-state index contributed by atoms with van der Waals surface area (Å²) in [6.45, 7) is 3.96. The fraction of sp³-hybridized carbons (Fsp3) is 0.100. The highest BCUT2D eigenvalue weighted by molar-refractivity contribution is 6.33. The van der Waals surface area contributed by atoms with Gasteiger partial charge in [0.2, 0.25) is 0 Å². The summed E-state index contributed by atoms with van der Waals surface area (Å²) in [6.07, 6.45) is 1.54. The van der Waals surface area contributed by atoms with Crippen LogP contribution >= 0.6 is 11.6 Å². The number of nitrogens with zero attached hydrogens (tertiary/aromatic N) is 1. The Hall–Kier alpha value is -2.92. The van der Waals surface area contributed by atoms with Crippen LogP contribution in [0.5, 0.6) is 0 Å². The van der Waals surface area contributed by atoms with Crippen LogP contribution in [0.4, 0.5) is 21.6 Å². The average Bonchev–Trinajstić information content (AvgIpc) is 2.60. The fourth-order valence-electron chi connectivity index (χ4n) is 2.55. The number of anilines is 3. The molecule has 1 amide bonds. The maximum atomic E-state index is 12.9. The minimum Gasteiger partial charge on any atom is -0.339 e. The number of nitrogens with one attached hydrogen (secondary N) is 2. The van der Waals surface area contributed by atoms with Crippen LogP contribution in [0.25, 0.3) is 0 Å². The Balaban J connectivity index is 1.71. The Labute approximate surface area is 156 Å². The van der Waals surface area contributed by atoms with Crippen molar-refractivity contribution in [2.45, 2.75) is 13.8 Å². The molecule has 0 fully saturated rings. The number of benzene rings is 2. The third-order valence-electron chi connectivity index (χ3n) is 3.81. The minimum atomic E-state index is -0.385. The lowest BCUT2D eigenvalue weighted by atomic mass is 10.1. The average molecular weight is 370 g/mol. The Morgan fingerprint density at radius 1 is 1.08 bits per heavy atom. The Morgan fingerprint density at radius 2 is 1.81 bits per heavy atom. The third kappa shape index (κ3) is 4.18. The topological polar surface area (TPSA) is 54.0 Å². The van der Waals surface area contributed by atoms with E-state index in [2.05, 4.69) is 15.6 Å². The molecule has 2 aromatic carbocycles. The number of aryl methyl sites for hydroxylation is 2. The molecule has 1 aromatic heterocycles. The van der Waals surface area contributed by atoms with E-state index in [9.17, 15) is 9.18 Å². The van der Waals surface area contributed by atoms with Crippen molar-refractivity contribution in [3.05, 3.63) is 82.3 Å². The van der Waals surface area contributed by atoms with E-state index in [1.807, 2.05) is 26.0 Å².